The first kappa shape index (κ1) is 17.9. The Morgan fingerprint density at radius 1 is 1.31 bits per heavy atom. The molecule has 10 nitrogen and oxygen atoms in total. The summed E-state index contributed by atoms with van der Waals surface area (Å²) in [5, 5.41) is 6.12. The van der Waals surface area contributed by atoms with Gasteiger partial charge in [0.15, 0.2) is 11.3 Å². The number of sulfonamides is 1. The quantitative estimate of drug-likeness (QED) is 0.663. The second-order valence-corrected chi connectivity index (χ2v) is 7.34. The highest BCUT2D eigenvalue weighted by atomic mass is 32.2. The minimum absolute atomic E-state index is 0.0854. The van der Waals surface area contributed by atoms with Gasteiger partial charge < -0.3 is 14.3 Å². The van der Waals surface area contributed by atoms with Gasteiger partial charge in [-0.1, -0.05) is 5.16 Å². The van der Waals surface area contributed by atoms with Gasteiger partial charge in [-0.25, -0.2) is 17.9 Å². The fourth-order valence-corrected chi connectivity index (χ4v) is 3.82. The van der Waals surface area contributed by atoms with E-state index in [0.29, 0.717) is 16.8 Å². The van der Waals surface area contributed by atoms with Crippen LogP contribution in [0.2, 0.25) is 0 Å². The molecule has 3 aromatic rings. The van der Waals surface area contributed by atoms with Crippen molar-refractivity contribution in [1.82, 2.24) is 14.4 Å². The summed E-state index contributed by atoms with van der Waals surface area (Å²) in [6.45, 7) is 2.48. The monoisotopic (exact) mass is 380 g/mol. The lowest BCUT2D eigenvalue weighted by Crippen LogP contribution is -2.33. The molecule has 0 aliphatic rings. The second kappa shape index (κ2) is 6.42. The zero-order chi connectivity index (χ0) is 19.1. The summed E-state index contributed by atoms with van der Waals surface area (Å²) in [5.41, 5.74) is 1.46. The number of nitrogens with zero attached hydrogens (tertiary/aromatic N) is 2. The molecule has 0 bridgehead atoms. The summed E-state index contributed by atoms with van der Waals surface area (Å²) in [6.07, 6.45) is 0. The molecule has 0 fully saturated rings. The van der Waals surface area contributed by atoms with E-state index in [9.17, 15) is 18.0 Å². The predicted molar refractivity (Wildman–Crippen MR) is 91.3 cm³/mol. The van der Waals surface area contributed by atoms with Crippen LogP contribution < -0.4 is 15.8 Å². The molecule has 3 rings (SSSR count). The van der Waals surface area contributed by atoms with Crippen molar-refractivity contribution in [2.45, 2.75) is 18.7 Å². The Balaban J connectivity index is 1.70. The van der Waals surface area contributed by atoms with Crippen molar-refractivity contribution in [3.8, 4) is 0 Å². The molecular weight excluding hydrogens is 364 g/mol. The average molecular weight is 380 g/mol. The number of benzene rings is 1. The van der Waals surface area contributed by atoms with Crippen molar-refractivity contribution in [2.75, 3.05) is 11.9 Å². The summed E-state index contributed by atoms with van der Waals surface area (Å²) < 4.78 is 37.9. The maximum absolute atomic E-state index is 12.3. The molecule has 138 valence electrons. The molecule has 0 spiro atoms. The molecule has 2 N–H and O–H groups in total. The largest absolute Gasteiger partial charge is 0.419 e. The van der Waals surface area contributed by atoms with Crippen LogP contribution in [0.5, 0.6) is 0 Å². The van der Waals surface area contributed by atoms with Gasteiger partial charge in [-0.3, -0.25) is 9.36 Å². The van der Waals surface area contributed by atoms with E-state index in [1.54, 1.807) is 19.2 Å². The first-order valence-corrected chi connectivity index (χ1v) is 8.99. The zero-order valence-corrected chi connectivity index (χ0v) is 15.0. The number of fused-ring (bicyclic) bond motifs is 1. The molecule has 2 aromatic heterocycles. The molecule has 1 aromatic carbocycles. The molecule has 0 saturated heterocycles. The van der Waals surface area contributed by atoms with E-state index < -0.39 is 28.2 Å². The molecule has 0 aliphatic heterocycles. The van der Waals surface area contributed by atoms with Crippen LogP contribution >= 0.6 is 0 Å². The van der Waals surface area contributed by atoms with Crippen molar-refractivity contribution in [2.24, 2.45) is 7.05 Å². The number of amides is 1. The van der Waals surface area contributed by atoms with Crippen LogP contribution in [0, 0.1) is 13.8 Å². The minimum atomic E-state index is -3.93. The average Bonchev–Trinajstić information content (AvgIpc) is 3.05. The third-order valence-corrected chi connectivity index (χ3v) is 5.38. The summed E-state index contributed by atoms with van der Waals surface area (Å²) in [7, 11) is -2.37. The van der Waals surface area contributed by atoms with E-state index in [2.05, 4.69) is 15.2 Å². The maximum Gasteiger partial charge on any atom is 0.419 e. The van der Waals surface area contributed by atoms with Crippen LogP contribution in [0.3, 0.4) is 0 Å². The molecule has 11 heteroatoms. The van der Waals surface area contributed by atoms with Gasteiger partial charge in [0.2, 0.25) is 15.9 Å². The van der Waals surface area contributed by atoms with E-state index >= 15 is 0 Å². The third-order valence-electron chi connectivity index (χ3n) is 3.74. The summed E-state index contributed by atoms with van der Waals surface area (Å²) >= 11 is 0. The van der Waals surface area contributed by atoms with Gasteiger partial charge in [-0.15, -0.1) is 0 Å². The third kappa shape index (κ3) is 3.26. The Morgan fingerprint density at radius 2 is 2.04 bits per heavy atom. The molecule has 26 heavy (non-hydrogen) atoms. The second-order valence-electron chi connectivity index (χ2n) is 5.64. The van der Waals surface area contributed by atoms with Gasteiger partial charge in [-0.05, 0) is 26.0 Å². The van der Waals surface area contributed by atoms with Gasteiger partial charge in [-0.2, -0.15) is 0 Å². The van der Waals surface area contributed by atoms with Crippen molar-refractivity contribution >= 4 is 32.7 Å². The highest BCUT2D eigenvalue weighted by Gasteiger charge is 2.24. The van der Waals surface area contributed by atoms with E-state index in [1.165, 1.54) is 24.5 Å². The fourth-order valence-electron chi connectivity index (χ4n) is 2.51. The Hall–Kier alpha value is -2.92. The van der Waals surface area contributed by atoms with Gasteiger partial charge in [0.05, 0.1) is 12.1 Å². The number of rotatable bonds is 5. The number of anilines is 1. The smallest absolute Gasteiger partial charge is 0.408 e. The lowest BCUT2D eigenvalue weighted by molar-refractivity contribution is -0.115. The summed E-state index contributed by atoms with van der Waals surface area (Å²) in [5.74, 6) is -0.964. The van der Waals surface area contributed by atoms with Crippen LogP contribution in [0.15, 0.2) is 36.8 Å². The Kier molecular flexibility index (Phi) is 4.42. The maximum atomic E-state index is 12.3. The molecule has 2 heterocycles. The normalized spacial score (nSPS) is 11.8. The standard InChI is InChI=1S/C15H16N4O6S/c1-8-14(9(2)25-18-8)26(22,23)16-7-13(20)17-10-4-5-11-12(6-10)24-15(21)19(11)3/h4-6,16H,7H2,1-3H3,(H,17,20). The molecule has 0 atom stereocenters. The SMILES string of the molecule is Cc1noc(C)c1S(=O)(=O)NCC(=O)Nc1ccc2c(c1)oc(=O)n2C. The van der Waals surface area contributed by atoms with E-state index in [-0.39, 0.29) is 16.3 Å². The van der Waals surface area contributed by atoms with Crippen LogP contribution in [-0.2, 0) is 21.9 Å². The Bertz CT molecular complexity index is 1140. The molecule has 0 radical (unpaired) electrons. The first-order chi connectivity index (χ1) is 12.2. The van der Waals surface area contributed by atoms with E-state index in [1.807, 2.05) is 0 Å². The van der Waals surface area contributed by atoms with Crippen LogP contribution in [0.4, 0.5) is 5.69 Å². The van der Waals surface area contributed by atoms with Gasteiger partial charge in [0.25, 0.3) is 0 Å². The highest BCUT2D eigenvalue weighted by molar-refractivity contribution is 7.89. The number of aryl methyl sites for hydroxylation is 3. The van der Waals surface area contributed by atoms with Gasteiger partial charge in [0.1, 0.15) is 10.6 Å². The zero-order valence-electron chi connectivity index (χ0n) is 14.2. The van der Waals surface area contributed by atoms with Crippen molar-refractivity contribution in [3.05, 3.63) is 40.2 Å². The number of carbonyl (C=O) groups is 1. The number of hydrogen-bond acceptors (Lipinski definition) is 7. The van der Waals surface area contributed by atoms with Gasteiger partial charge >= 0.3 is 5.76 Å². The van der Waals surface area contributed by atoms with Crippen molar-refractivity contribution < 1.29 is 22.2 Å². The molecule has 0 aliphatic carbocycles. The molecule has 1 amide bonds. The number of oxazole rings is 1. The number of hydrogen-bond donors (Lipinski definition) is 2. The number of carbonyl (C=O) groups excluding carboxylic acids is 1. The fraction of sp³-hybridized carbons (Fsp3) is 0.267. The molecule has 0 unspecified atom stereocenters. The Labute approximate surface area is 147 Å². The van der Waals surface area contributed by atoms with Crippen molar-refractivity contribution in [1.29, 1.82) is 0 Å². The predicted octanol–water partition coefficient (Wildman–Crippen LogP) is 0.653. The first-order valence-electron chi connectivity index (χ1n) is 7.51. The molecule has 0 saturated carbocycles. The molecular formula is C15H16N4O6S. The minimum Gasteiger partial charge on any atom is -0.408 e. The van der Waals surface area contributed by atoms with Crippen LogP contribution in [0.1, 0.15) is 11.5 Å². The van der Waals surface area contributed by atoms with Crippen molar-refractivity contribution in [3.63, 3.8) is 0 Å². The van der Waals surface area contributed by atoms with E-state index in [0.717, 1.165) is 0 Å². The number of aromatic nitrogens is 2. The Morgan fingerprint density at radius 3 is 2.69 bits per heavy atom. The van der Waals surface area contributed by atoms with Crippen LogP contribution in [-0.4, -0.2) is 30.6 Å². The summed E-state index contributed by atoms with van der Waals surface area (Å²) in [4.78, 5) is 23.4. The summed E-state index contributed by atoms with van der Waals surface area (Å²) in [6, 6.07) is 4.68. The lowest BCUT2D eigenvalue weighted by Gasteiger charge is -2.07. The lowest BCUT2D eigenvalue weighted by atomic mass is 10.3. The van der Waals surface area contributed by atoms with Crippen LogP contribution in [0.25, 0.3) is 11.1 Å². The highest BCUT2D eigenvalue weighted by Crippen LogP contribution is 2.19. The van der Waals surface area contributed by atoms with E-state index in [4.69, 9.17) is 8.94 Å². The number of nitrogens with one attached hydrogen (secondary N) is 2. The topological polar surface area (TPSA) is 136 Å². The van der Waals surface area contributed by atoms with Gasteiger partial charge in [0, 0.05) is 18.8 Å².